The number of carboxylic acids is 1. The average molecular weight is 243 g/mol. The Morgan fingerprint density at radius 2 is 2.06 bits per heavy atom. The van der Waals surface area contributed by atoms with Crippen molar-refractivity contribution in [2.75, 3.05) is 6.54 Å². The molecule has 0 saturated carbocycles. The molecule has 0 aromatic heterocycles. The van der Waals surface area contributed by atoms with Gasteiger partial charge in [0.25, 0.3) is 0 Å². The van der Waals surface area contributed by atoms with Crippen LogP contribution in [0.2, 0.25) is 0 Å². The monoisotopic (exact) mass is 243 g/mol. The molecule has 5 N–H and O–H groups in total. The number of amides is 2. The molecule has 1 aliphatic heterocycles. The summed E-state index contributed by atoms with van der Waals surface area (Å²) in [4.78, 5) is 34.7. The van der Waals surface area contributed by atoms with Gasteiger partial charge in [0.15, 0.2) is 0 Å². The van der Waals surface area contributed by atoms with Gasteiger partial charge in [0.05, 0.1) is 6.04 Å². The number of carbonyl (C=O) groups excluding carboxylic acids is 2. The molecule has 7 heteroatoms. The lowest BCUT2D eigenvalue weighted by atomic mass is 10.1. The van der Waals surface area contributed by atoms with Crippen molar-refractivity contribution in [3.63, 3.8) is 0 Å². The highest BCUT2D eigenvalue weighted by Gasteiger charge is 2.34. The maximum Gasteiger partial charge on any atom is 0.303 e. The first-order valence-corrected chi connectivity index (χ1v) is 5.50. The second kappa shape index (κ2) is 5.62. The van der Waals surface area contributed by atoms with Crippen LogP contribution in [0.4, 0.5) is 0 Å². The molecule has 2 atom stereocenters. The van der Waals surface area contributed by atoms with Crippen molar-refractivity contribution in [3.8, 4) is 0 Å². The highest BCUT2D eigenvalue weighted by Crippen LogP contribution is 2.18. The van der Waals surface area contributed by atoms with E-state index in [1.807, 2.05) is 0 Å². The first-order valence-electron chi connectivity index (χ1n) is 5.50. The second-order valence-electron chi connectivity index (χ2n) is 4.13. The number of hydrogen-bond donors (Lipinski definition) is 3. The lowest BCUT2D eigenvalue weighted by Gasteiger charge is -2.25. The smallest absolute Gasteiger partial charge is 0.303 e. The van der Waals surface area contributed by atoms with Crippen LogP contribution in [0.25, 0.3) is 0 Å². The summed E-state index contributed by atoms with van der Waals surface area (Å²) in [5.74, 6) is -1.94. The molecular formula is C10H17N3O4. The summed E-state index contributed by atoms with van der Waals surface area (Å²) in [6.45, 7) is 0.452. The van der Waals surface area contributed by atoms with Crippen LogP contribution in [-0.2, 0) is 14.4 Å². The summed E-state index contributed by atoms with van der Waals surface area (Å²) < 4.78 is 0. The second-order valence-corrected chi connectivity index (χ2v) is 4.13. The van der Waals surface area contributed by atoms with Crippen LogP contribution in [0.5, 0.6) is 0 Å². The van der Waals surface area contributed by atoms with Crippen molar-refractivity contribution in [2.45, 2.75) is 37.8 Å². The number of nitrogens with zero attached hydrogens (tertiary/aromatic N) is 1. The predicted octanol–water partition coefficient (Wildman–Crippen LogP) is -1.35. The molecule has 0 bridgehead atoms. The number of aliphatic carboxylic acids is 1. The number of carboxylic acid groups (broad SMARTS) is 1. The van der Waals surface area contributed by atoms with E-state index in [9.17, 15) is 14.4 Å². The van der Waals surface area contributed by atoms with E-state index >= 15 is 0 Å². The highest BCUT2D eigenvalue weighted by atomic mass is 16.4. The molecule has 1 aliphatic rings. The van der Waals surface area contributed by atoms with Crippen LogP contribution in [0.1, 0.15) is 25.7 Å². The van der Waals surface area contributed by atoms with Crippen molar-refractivity contribution in [2.24, 2.45) is 11.5 Å². The Labute approximate surface area is 98.7 Å². The number of likely N-dealkylation sites (tertiary alicyclic amines) is 1. The lowest BCUT2D eigenvalue weighted by molar-refractivity contribution is -0.140. The summed E-state index contributed by atoms with van der Waals surface area (Å²) in [5.41, 5.74) is 10.8. The van der Waals surface area contributed by atoms with Gasteiger partial charge in [-0.25, -0.2) is 0 Å². The molecular weight excluding hydrogens is 226 g/mol. The Hall–Kier alpha value is -1.63. The minimum absolute atomic E-state index is 0.0656. The molecule has 1 heterocycles. The minimum Gasteiger partial charge on any atom is -0.481 e. The zero-order chi connectivity index (χ0) is 13.0. The molecule has 1 fully saturated rings. The number of nitrogens with two attached hydrogens (primary N) is 2. The van der Waals surface area contributed by atoms with Crippen molar-refractivity contribution < 1.29 is 19.5 Å². The Morgan fingerprint density at radius 3 is 2.59 bits per heavy atom. The van der Waals surface area contributed by atoms with E-state index in [0.717, 1.165) is 0 Å². The third-order valence-electron chi connectivity index (χ3n) is 2.85. The fourth-order valence-corrected chi connectivity index (χ4v) is 1.94. The maximum atomic E-state index is 11.9. The molecule has 1 saturated heterocycles. The summed E-state index contributed by atoms with van der Waals surface area (Å²) in [7, 11) is 0. The van der Waals surface area contributed by atoms with E-state index in [0.29, 0.717) is 19.4 Å². The topological polar surface area (TPSA) is 127 Å². The molecule has 0 spiro atoms. The molecule has 0 aromatic rings. The summed E-state index contributed by atoms with van der Waals surface area (Å²) in [6.07, 6.45) is 1.16. The average Bonchev–Trinajstić information content (AvgIpc) is 2.73. The molecule has 0 unspecified atom stereocenters. The minimum atomic E-state index is -0.999. The van der Waals surface area contributed by atoms with Gasteiger partial charge in [-0.15, -0.1) is 0 Å². The van der Waals surface area contributed by atoms with E-state index < -0.39 is 29.9 Å². The fraction of sp³-hybridized carbons (Fsp3) is 0.700. The van der Waals surface area contributed by atoms with Gasteiger partial charge in [-0.2, -0.15) is 0 Å². The van der Waals surface area contributed by atoms with Crippen LogP contribution < -0.4 is 11.5 Å². The summed E-state index contributed by atoms with van der Waals surface area (Å²) >= 11 is 0. The first kappa shape index (κ1) is 13.4. The number of rotatable bonds is 5. The van der Waals surface area contributed by atoms with Gasteiger partial charge < -0.3 is 21.5 Å². The quantitative estimate of drug-likeness (QED) is 0.550. The van der Waals surface area contributed by atoms with Crippen molar-refractivity contribution in [1.82, 2.24) is 4.90 Å². The van der Waals surface area contributed by atoms with Crippen molar-refractivity contribution in [1.29, 1.82) is 0 Å². The number of hydrogen-bond acceptors (Lipinski definition) is 4. The zero-order valence-electron chi connectivity index (χ0n) is 9.46. The van der Waals surface area contributed by atoms with Gasteiger partial charge in [0.1, 0.15) is 6.04 Å². The Bertz CT molecular complexity index is 332. The van der Waals surface area contributed by atoms with E-state index in [2.05, 4.69) is 0 Å². The highest BCUT2D eigenvalue weighted by molar-refractivity contribution is 5.89. The molecule has 17 heavy (non-hydrogen) atoms. The normalized spacial score (nSPS) is 21.2. The van der Waals surface area contributed by atoms with Crippen LogP contribution in [0.3, 0.4) is 0 Å². The number of primary amides is 1. The fourth-order valence-electron chi connectivity index (χ4n) is 1.94. The van der Waals surface area contributed by atoms with Crippen LogP contribution in [-0.4, -0.2) is 46.4 Å². The molecule has 96 valence electrons. The Kier molecular flexibility index (Phi) is 4.45. The zero-order valence-corrected chi connectivity index (χ0v) is 9.46. The summed E-state index contributed by atoms with van der Waals surface area (Å²) in [5, 5.41) is 8.50. The van der Waals surface area contributed by atoms with Gasteiger partial charge in [-0.3, -0.25) is 14.4 Å². The maximum absolute atomic E-state index is 11.9. The van der Waals surface area contributed by atoms with Crippen molar-refractivity contribution >= 4 is 17.8 Å². The van der Waals surface area contributed by atoms with E-state index in [1.54, 1.807) is 0 Å². The third kappa shape index (κ3) is 3.42. The van der Waals surface area contributed by atoms with Crippen molar-refractivity contribution in [3.05, 3.63) is 0 Å². The van der Waals surface area contributed by atoms with E-state index in [-0.39, 0.29) is 12.8 Å². The van der Waals surface area contributed by atoms with Gasteiger partial charge in [-0.1, -0.05) is 0 Å². The molecule has 7 nitrogen and oxygen atoms in total. The largest absolute Gasteiger partial charge is 0.481 e. The van der Waals surface area contributed by atoms with E-state index in [4.69, 9.17) is 16.6 Å². The molecule has 0 aliphatic carbocycles. The van der Waals surface area contributed by atoms with Gasteiger partial charge >= 0.3 is 5.97 Å². The molecule has 2 amide bonds. The van der Waals surface area contributed by atoms with Crippen LogP contribution in [0.15, 0.2) is 0 Å². The molecule has 0 radical (unpaired) electrons. The summed E-state index contributed by atoms with van der Waals surface area (Å²) in [6, 6.07) is -1.48. The van der Waals surface area contributed by atoms with Gasteiger partial charge in [0.2, 0.25) is 11.8 Å². The third-order valence-corrected chi connectivity index (χ3v) is 2.85. The van der Waals surface area contributed by atoms with Gasteiger partial charge in [0, 0.05) is 13.0 Å². The first-order chi connectivity index (χ1) is 7.93. The van der Waals surface area contributed by atoms with Crippen LogP contribution in [0, 0.1) is 0 Å². The standard InChI is InChI=1S/C10H17N3O4/c11-6(3-4-8(14)15)10(17)13-5-1-2-7(13)9(12)16/h6-7H,1-5,11H2,(H2,12,16)(H,14,15)/t6-,7-/m0/s1. The lowest BCUT2D eigenvalue weighted by Crippen LogP contribution is -2.50. The SMILES string of the molecule is NC(=O)[C@@H]1CCCN1C(=O)[C@@H](N)CCC(=O)O. The van der Waals surface area contributed by atoms with Gasteiger partial charge in [-0.05, 0) is 19.3 Å². The molecule has 1 rings (SSSR count). The number of carbonyl (C=O) groups is 3. The Morgan fingerprint density at radius 1 is 1.41 bits per heavy atom. The van der Waals surface area contributed by atoms with Crippen LogP contribution >= 0.6 is 0 Å². The Balaban J connectivity index is 2.56. The van der Waals surface area contributed by atoms with E-state index in [1.165, 1.54) is 4.90 Å². The molecule has 0 aromatic carbocycles. The predicted molar refractivity (Wildman–Crippen MR) is 58.8 cm³/mol.